The zero-order chi connectivity index (χ0) is 13.8. The van der Waals surface area contributed by atoms with Crippen LogP contribution in [0.25, 0.3) is 0 Å². The molecule has 102 valence electrons. The van der Waals surface area contributed by atoms with Crippen molar-refractivity contribution in [3.8, 4) is 0 Å². The van der Waals surface area contributed by atoms with Crippen LogP contribution in [-0.2, 0) is 13.5 Å². The highest BCUT2D eigenvalue weighted by molar-refractivity contribution is 5.36. The van der Waals surface area contributed by atoms with Gasteiger partial charge >= 0.3 is 0 Å². The van der Waals surface area contributed by atoms with Crippen molar-refractivity contribution < 1.29 is 0 Å². The van der Waals surface area contributed by atoms with Crippen LogP contribution >= 0.6 is 0 Å². The molecule has 0 saturated carbocycles. The minimum Gasteiger partial charge on any atom is -0.310 e. The molecule has 4 nitrogen and oxygen atoms in total. The maximum absolute atomic E-state index is 4.20. The van der Waals surface area contributed by atoms with E-state index in [9.17, 15) is 0 Å². The Morgan fingerprint density at radius 2 is 1.95 bits per heavy atom. The highest BCUT2D eigenvalue weighted by atomic mass is 15.4. The number of aromatic nitrogens is 3. The molecule has 0 saturated heterocycles. The lowest BCUT2D eigenvalue weighted by Gasteiger charge is -2.21. The second kappa shape index (κ2) is 5.97. The fourth-order valence-corrected chi connectivity index (χ4v) is 2.60. The molecule has 0 fully saturated rings. The fraction of sp³-hybridized carbons (Fsp3) is 0.467. The highest BCUT2D eigenvalue weighted by Crippen LogP contribution is 2.24. The molecule has 4 heteroatoms. The summed E-state index contributed by atoms with van der Waals surface area (Å²) < 4.78 is 1.75. The summed E-state index contributed by atoms with van der Waals surface area (Å²) in [6, 6.07) is 6.74. The van der Waals surface area contributed by atoms with Gasteiger partial charge in [0.25, 0.3) is 0 Å². The van der Waals surface area contributed by atoms with Crippen LogP contribution in [0.4, 0.5) is 0 Å². The Morgan fingerprint density at radius 3 is 2.47 bits per heavy atom. The molecular formula is C15H22N4. The van der Waals surface area contributed by atoms with Gasteiger partial charge in [-0.25, -0.2) is 0 Å². The average molecular weight is 258 g/mol. The minimum absolute atomic E-state index is 0.294. The van der Waals surface area contributed by atoms with Crippen molar-refractivity contribution in [3.05, 3.63) is 46.8 Å². The van der Waals surface area contributed by atoms with Crippen LogP contribution in [0.2, 0.25) is 0 Å². The van der Waals surface area contributed by atoms with Gasteiger partial charge in [-0.2, -0.15) is 0 Å². The van der Waals surface area contributed by atoms with Gasteiger partial charge in [0.2, 0.25) is 0 Å². The molecule has 2 aromatic rings. The monoisotopic (exact) mass is 258 g/mol. The Balaban J connectivity index is 2.29. The van der Waals surface area contributed by atoms with Crippen LogP contribution < -0.4 is 5.32 Å². The van der Waals surface area contributed by atoms with E-state index in [1.54, 1.807) is 4.68 Å². The SMILES string of the molecule is CCNC(Cc1cn(C)nn1)c1c(C)cccc1C. The highest BCUT2D eigenvalue weighted by Gasteiger charge is 2.17. The Morgan fingerprint density at radius 1 is 1.26 bits per heavy atom. The Labute approximate surface area is 114 Å². The zero-order valence-electron chi connectivity index (χ0n) is 12.1. The first-order valence-corrected chi connectivity index (χ1v) is 6.76. The van der Waals surface area contributed by atoms with Crippen molar-refractivity contribution in [2.45, 2.75) is 33.2 Å². The van der Waals surface area contributed by atoms with Crippen LogP contribution in [0, 0.1) is 13.8 Å². The van der Waals surface area contributed by atoms with E-state index in [1.807, 2.05) is 13.2 Å². The Kier molecular flexibility index (Phi) is 4.32. The first kappa shape index (κ1) is 13.7. The second-order valence-corrected chi connectivity index (χ2v) is 5.00. The van der Waals surface area contributed by atoms with Crippen LogP contribution in [0.3, 0.4) is 0 Å². The number of benzene rings is 1. The number of rotatable bonds is 5. The molecule has 1 unspecified atom stereocenters. The number of likely N-dealkylation sites (N-methyl/N-ethyl adjacent to an activating group) is 1. The van der Waals surface area contributed by atoms with Crippen molar-refractivity contribution in [2.75, 3.05) is 6.54 Å². The third-order valence-electron chi connectivity index (χ3n) is 3.40. The maximum Gasteiger partial charge on any atom is 0.0845 e. The summed E-state index contributed by atoms with van der Waals surface area (Å²) >= 11 is 0. The van der Waals surface area contributed by atoms with E-state index in [1.165, 1.54) is 16.7 Å². The quantitative estimate of drug-likeness (QED) is 0.895. The summed E-state index contributed by atoms with van der Waals surface area (Å²) in [5.74, 6) is 0. The summed E-state index contributed by atoms with van der Waals surface area (Å²) in [6.45, 7) is 7.42. The van der Waals surface area contributed by atoms with Gasteiger partial charge in [0.05, 0.1) is 5.69 Å². The molecule has 1 atom stereocenters. The number of hydrogen-bond acceptors (Lipinski definition) is 3. The summed E-state index contributed by atoms with van der Waals surface area (Å²) in [5.41, 5.74) is 5.07. The second-order valence-electron chi connectivity index (χ2n) is 5.00. The predicted octanol–water partition coefficient (Wildman–Crippen LogP) is 2.33. The van der Waals surface area contributed by atoms with E-state index in [0.29, 0.717) is 6.04 Å². The van der Waals surface area contributed by atoms with Crippen LogP contribution in [0.5, 0.6) is 0 Å². The summed E-state index contributed by atoms with van der Waals surface area (Å²) in [7, 11) is 1.90. The molecule has 0 aliphatic carbocycles. The van der Waals surface area contributed by atoms with Crippen LogP contribution in [-0.4, -0.2) is 21.5 Å². The van der Waals surface area contributed by atoms with Crippen molar-refractivity contribution in [1.82, 2.24) is 20.3 Å². The van der Waals surface area contributed by atoms with Gasteiger partial charge in [0.15, 0.2) is 0 Å². The lowest BCUT2D eigenvalue weighted by atomic mass is 9.93. The zero-order valence-corrected chi connectivity index (χ0v) is 12.1. The molecule has 0 amide bonds. The van der Waals surface area contributed by atoms with E-state index >= 15 is 0 Å². The molecule has 1 aromatic heterocycles. The van der Waals surface area contributed by atoms with E-state index in [-0.39, 0.29) is 0 Å². The third kappa shape index (κ3) is 3.20. The van der Waals surface area contributed by atoms with Gasteiger partial charge in [-0.3, -0.25) is 4.68 Å². The molecule has 0 aliphatic rings. The lowest BCUT2D eigenvalue weighted by molar-refractivity contribution is 0.538. The molecule has 0 radical (unpaired) electrons. The summed E-state index contributed by atoms with van der Waals surface area (Å²) in [4.78, 5) is 0. The van der Waals surface area contributed by atoms with Crippen molar-refractivity contribution >= 4 is 0 Å². The molecule has 0 aliphatic heterocycles. The van der Waals surface area contributed by atoms with Crippen molar-refractivity contribution in [3.63, 3.8) is 0 Å². The van der Waals surface area contributed by atoms with E-state index in [2.05, 4.69) is 54.6 Å². The molecule has 1 aromatic carbocycles. The summed E-state index contributed by atoms with van der Waals surface area (Å²) in [6.07, 6.45) is 2.85. The Bertz CT molecular complexity index is 525. The molecule has 0 spiro atoms. The number of nitrogens with zero attached hydrogens (tertiary/aromatic N) is 3. The molecular weight excluding hydrogens is 236 g/mol. The van der Waals surface area contributed by atoms with Gasteiger partial charge < -0.3 is 5.32 Å². The van der Waals surface area contributed by atoms with Crippen LogP contribution in [0.1, 0.15) is 35.3 Å². The van der Waals surface area contributed by atoms with E-state index < -0.39 is 0 Å². The molecule has 2 rings (SSSR count). The van der Waals surface area contributed by atoms with Crippen molar-refractivity contribution in [1.29, 1.82) is 0 Å². The van der Waals surface area contributed by atoms with Gasteiger partial charge in [-0.05, 0) is 37.1 Å². The van der Waals surface area contributed by atoms with E-state index in [0.717, 1.165) is 18.7 Å². The van der Waals surface area contributed by atoms with Gasteiger partial charge in [-0.15, -0.1) is 5.10 Å². The van der Waals surface area contributed by atoms with Crippen LogP contribution in [0.15, 0.2) is 24.4 Å². The predicted molar refractivity (Wildman–Crippen MR) is 77.0 cm³/mol. The minimum atomic E-state index is 0.294. The Hall–Kier alpha value is -1.68. The molecule has 1 heterocycles. The van der Waals surface area contributed by atoms with Crippen molar-refractivity contribution in [2.24, 2.45) is 7.05 Å². The average Bonchev–Trinajstić information content (AvgIpc) is 2.75. The molecule has 1 N–H and O–H groups in total. The maximum atomic E-state index is 4.20. The topological polar surface area (TPSA) is 42.7 Å². The van der Waals surface area contributed by atoms with Gasteiger partial charge in [0.1, 0.15) is 0 Å². The number of hydrogen-bond donors (Lipinski definition) is 1. The largest absolute Gasteiger partial charge is 0.310 e. The van der Waals surface area contributed by atoms with Gasteiger partial charge in [-0.1, -0.05) is 30.3 Å². The molecule has 19 heavy (non-hydrogen) atoms. The van der Waals surface area contributed by atoms with E-state index in [4.69, 9.17) is 0 Å². The third-order valence-corrected chi connectivity index (χ3v) is 3.40. The molecule has 0 bridgehead atoms. The smallest absolute Gasteiger partial charge is 0.0845 e. The number of nitrogens with one attached hydrogen (secondary N) is 1. The first-order chi connectivity index (χ1) is 9.11. The standard InChI is InChI=1S/C15H22N4/c1-5-16-14(9-13-10-19(4)18-17-13)15-11(2)7-6-8-12(15)3/h6-8,10,14,16H,5,9H2,1-4H3. The van der Waals surface area contributed by atoms with Gasteiger partial charge in [0, 0.05) is 25.7 Å². The first-order valence-electron chi connectivity index (χ1n) is 6.76. The normalized spacial score (nSPS) is 12.6. The number of aryl methyl sites for hydroxylation is 3. The fourth-order valence-electron chi connectivity index (χ4n) is 2.60. The summed E-state index contributed by atoms with van der Waals surface area (Å²) in [5, 5.41) is 11.8. The lowest BCUT2D eigenvalue weighted by Crippen LogP contribution is -2.24.